The highest BCUT2D eigenvalue weighted by Gasteiger charge is 2.08. The molecule has 1 rings (SSSR count). The van der Waals surface area contributed by atoms with E-state index in [1.54, 1.807) is 0 Å². The van der Waals surface area contributed by atoms with Gasteiger partial charge in [0.05, 0.1) is 4.88 Å². The number of nitrogens with two attached hydrogens (primary N) is 1. The molecule has 0 aliphatic heterocycles. The summed E-state index contributed by atoms with van der Waals surface area (Å²) in [5, 5.41) is 8.64. The van der Waals surface area contributed by atoms with Gasteiger partial charge < -0.3 is 10.8 Å². The van der Waals surface area contributed by atoms with E-state index in [-0.39, 0.29) is 12.5 Å². The summed E-state index contributed by atoms with van der Waals surface area (Å²) in [4.78, 5) is 12.7. The SMILES string of the molecule is Cc1cc(C(N)=O)sc1CCCCO. The van der Waals surface area contributed by atoms with Crippen molar-refractivity contribution in [3.05, 3.63) is 21.4 Å². The van der Waals surface area contributed by atoms with E-state index in [0.717, 1.165) is 24.8 Å². The number of primary amides is 1. The first-order valence-corrected chi connectivity index (χ1v) is 5.46. The van der Waals surface area contributed by atoms with Crippen LogP contribution in [-0.2, 0) is 6.42 Å². The zero-order chi connectivity index (χ0) is 10.6. The van der Waals surface area contributed by atoms with Crippen molar-refractivity contribution in [1.29, 1.82) is 0 Å². The maximum Gasteiger partial charge on any atom is 0.258 e. The van der Waals surface area contributed by atoms with Crippen molar-refractivity contribution in [3.8, 4) is 0 Å². The molecule has 3 nitrogen and oxygen atoms in total. The first kappa shape index (κ1) is 11.2. The monoisotopic (exact) mass is 213 g/mol. The van der Waals surface area contributed by atoms with Gasteiger partial charge in [-0.2, -0.15) is 0 Å². The fraction of sp³-hybridized carbons (Fsp3) is 0.500. The molecule has 1 aromatic heterocycles. The number of hydrogen-bond acceptors (Lipinski definition) is 3. The Hall–Kier alpha value is -0.870. The molecule has 1 heterocycles. The summed E-state index contributed by atoms with van der Waals surface area (Å²) in [5.74, 6) is -0.355. The Kier molecular flexibility index (Phi) is 4.10. The van der Waals surface area contributed by atoms with Gasteiger partial charge in [0.25, 0.3) is 5.91 Å². The Morgan fingerprint density at radius 1 is 1.57 bits per heavy atom. The number of aliphatic hydroxyl groups is 1. The lowest BCUT2D eigenvalue weighted by atomic mass is 10.1. The molecule has 78 valence electrons. The highest BCUT2D eigenvalue weighted by atomic mass is 32.1. The van der Waals surface area contributed by atoms with E-state index in [2.05, 4.69) is 0 Å². The predicted octanol–water partition coefficient (Wildman–Crippen LogP) is 1.47. The number of rotatable bonds is 5. The molecule has 14 heavy (non-hydrogen) atoms. The minimum absolute atomic E-state index is 0.229. The number of amides is 1. The lowest BCUT2D eigenvalue weighted by Crippen LogP contribution is -2.08. The number of hydrogen-bond donors (Lipinski definition) is 2. The van der Waals surface area contributed by atoms with Crippen LogP contribution in [0.5, 0.6) is 0 Å². The first-order chi connectivity index (χ1) is 6.65. The molecule has 0 spiro atoms. The van der Waals surface area contributed by atoms with Crippen LogP contribution in [0.3, 0.4) is 0 Å². The average Bonchev–Trinajstić information content (AvgIpc) is 2.49. The molecule has 3 N–H and O–H groups in total. The Bertz CT molecular complexity index is 320. The van der Waals surface area contributed by atoms with Crippen LogP contribution in [0, 0.1) is 6.92 Å². The van der Waals surface area contributed by atoms with Crippen LogP contribution in [0.25, 0.3) is 0 Å². The van der Waals surface area contributed by atoms with Crippen molar-refractivity contribution < 1.29 is 9.90 Å². The molecule has 1 aromatic rings. The number of thiophene rings is 1. The van der Waals surface area contributed by atoms with Crippen molar-refractivity contribution >= 4 is 17.2 Å². The zero-order valence-corrected chi connectivity index (χ0v) is 9.06. The van der Waals surface area contributed by atoms with Crippen LogP contribution in [-0.4, -0.2) is 17.6 Å². The molecular formula is C10H15NO2S. The third-order valence-corrected chi connectivity index (χ3v) is 3.39. The molecule has 0 unspecified atom stereocenters. The molecule has 0 aliphatic carbocycles. The highest BCUT2D eigenvalue weighted by Crippen LogP contribution is 2.23. The molecule has 0 atom stereocenters. The van der Waals surface area contributed by atoms with Crippen molar-refractivity contribution in [3.63, 3.8) is 0 Å². The minimum atomic E-state index is -0.355. The van der Waals surface area contributed by atoms with E-state index in [9.17, 15) is 4.79 Å². The normalized spacial score (nSPS) is 10.4. The van der Waals surface area contributed by atoms with Crippen LogP contribution < -0.4 is 5.73 Å². The topological polar surface area (TPSA) is 63.3 Å². The predicted molar refractivity (Wildman–Crippen MR) is 57.6 cm³/mol. The van der Waals surface area contributed by atoms with Gasteiger partial charge in [0.15, 0.2) is 0 Å². The molecule has 0 saturated carbocycles. The maximum absolute atomic E-state index is 10.9. The Morgan fingerprint density at radius 3 is 2.79 bits per heavy atom. The quantitative estimate of drug-likeness (QED) is 0.727. The summed E-state index contributed by atoms with van der Waals surface area (Å²) >= 11 is 1.46. The van der Waals surface area contributed by atoms with Crippen molar-refractivity contribution in [2.24, 2.45) is 5.73 Å². The molecule has 0 aromatic carbocycles. The van der Waals surface area contributed by atoms with E-state index in [4.69, 9.17) is 10.8 Å². The second-order valence-electron chi connectivity index (χ2n) is 3.26. The van der Waals surface area contributed by atoms with Gasteiger partial charge in [0.2, 0.25) is 0 Å². The number of unbranched alkanes of at least 4 members (excludes halogenated alkanes) is 1. The van der Waals surface area contributed by atoms with Crippen LogP contribution in [0.4, 0.5) is 0 Å². The van der Waals surface area contributed by atoms with Gasteiger partial charge >= 0.3 is 0 Å². The summed E-state index contributed by atoms with van der Waals surface area (Å²) in [6, 6.07) is 1.83. The molecule has 0 saturated heterocycles. The smallest absolute Gasteiger partial charge is 0.258 e. The number of carbonyl (C=O) groups excluding carboxylic acids is 1. The van der Waals surface area contributed by atoms with Crippen molar-refractivity contribution in [2.45, 2.75) is 26.2 Å². The van der Waals surface area contributed by atoms with Crippen LogP contribution in [0.2, 0.25) is 0 Å². The van der Waals surface area contributed by atoms with Gasteiger partial charge in [-0.3, -0.25) is 4.79 Å². The van der Waals surface area contributed by atoms with Crippen LogP contribution in [0.15, 0.2) is 6.07 Å². The molecule has 0 radical (unpaired) electrons. The van der Waals surface area contributed by atoms with Crippen LogP contribution >= 0.6 is 11.3 Å². The second kappa shape index (κ2) is 5.12. The van der Waals surface area contributed by atoms with Gasteiger partial charge in [0.1, 0.15) is 0 Å². The van der Waals surface area contributed by atoms with E-state index >= 15 is 0 Å². The van der Waals surface area contributed by atoms with Crippen molar-refractivity contribution in [2.75, 3.05) is 6.61 Å². The summed E-state index contributed by atoms with van der Waals surface area (Å²) in [7, 11) is 0. The Labute approximate surface area is 87.6 Å². The third kappa shape index (κ3) is 2.82. The standard InChI is InChI=1S/C10H15NO2S/c1-7-6-9(10(11)13)14-8(7)4-2-3-5-12/h6,12H,2-5H2,1H3,(H2,11,13). The minimum Gasteiger partial charge on any atom is -0.396 e. The van der Waals surface area contributed by atoms with Gasteiger partial charge in [-0.1, -0.05) is 0 Å². The van der Waals surface area contributed by atoms with Gasteiger partial charge in [-0.15, -0.1) is 11.3 Å². The fourth-order valence-electron chi connectivity index (χ4n) is 1.29. The molecule has 0 fully saturated rings. The Morgan fingerprint density at radius 2 is 2.29 bits per heavy atom. The molecule has 1 amide bonds. The first-order valence-electron chi connectivity index (χ1n) is 4.65. The highest BCUT2D eigenvalue weighted by molar-refractivity contribution is 7.14. The maximum atomic E-state index is 10.9. The van der Waals surface area contributed by atoms with Crippen molar-refractivity contribution in [1.82, 2.24) is 0 Å². The summed E-state index contributed by atoms with van der Waals surface area (Å²) in [5.41, 5.74) is 6.31. The second-order valence-corrected chi connectivity index (χ2v) is 4.40. The Balaban J connectivity index is 2.63. The summed E-state index contributed by atoms with van der Waals surface area (Å²) in [6.07, 6.45) is 2.68. The third-order valence-electron chi connectivity index (χ3n) is 2.08. The van der Waals surface area contributed by atoms with E-state index in [1.165, 1.54) is 16.2 Å². The largest absolute Gasteiger partial charge is 0.396 e. The fourth-order valence-corrected chi connectivity index (χ4v) is 2.35. The average molecular weight is 213 g/mol. The van der Waals surface area contributed by atoms with Gasteiger partial charge in [-0.05, 0) is 37.8 Å². The number of carbonyl (C=O) groups is 1. The molecule has 0 aliphatic rings. The lowest BCUT2D eigenvalue weighted by Gasteiger charge is -1.97. The summed E-state index contributed by atoms with van der Waals surface area (Å²) in [6.45, 7) is 2.21. The molecular weight excluding hydrogens is 198 g/mol. The van der Waals surface area contributed by atoms with E-state index in [0.29, 0.717) is 4.88 Å². The zero-order valence-electron chi connectivity index (χ0n) is 8.25. The van der Waals surface area contributed by atoms with Crippen LogP contribution in [0.1, 0.15) is 33.0 Å². The molecule has 4 heteroatoms. The van der Waals surface area contributed by atoms with Gasteiger partial charge in [-0.25, -0.2) is 0 Å². The van der Waals surface area contributed by atoms with E-state index in [1.807, 2.05) is 13.0 Å². The van der Waals surface area contributed by atoms with E-state index < -0.39 is 0 Å². The van der Waals surface area contributed by atoms with Gasteiger partial charge in [0, 0.05) is 11.5 Å². The number of aliphatic hydroxyl groups excluding tert-OH is 1. The number of aryl methyl sites for hydroxylation is 2. The summed E-state index contributed by atoms with van der Waals surface area (Å²) < 4.78 is 0. The lowest BCUT2D eigenvalue weighted by molar-refractivity contribution is 0.100. The molecule has 0 bridgehead atoms.